The number of hydrogen-bond donors (Lipinski definition) is 2. The maximum atomic E-state index is 5.44. The molecule has 1 saturated heterocycles. The molecule has 0 aromatic heterocycles. The molecule has 0 radical (unpaired) electrons. The highest BCUT2D eigenvalue weighted by Gasteiger charge is 2.23. The fourth-order valence-corrected chi connectivity index (χ4v) is 1.08. The molecule has 1 rings (SSSR count). The Morgan fingerprint density at radius 1 is 1.90 bits per heavy atom. The number of thiocarbonyl (C=S) groups is 1. The van der Waals surface area contributed by atoms with E-state index in [1.807, 2.05) is 6.92 Å². The average molecular weight is 160 g/mol. The van der Waals surface area contributed by atoms with Gasteiger partial charge >= 0.3 is 0 Å². The van der Waals surface area contributed by atoms with Crippen molar-refractivity contribution >= 4 is 17.2 Å². The van der Waals surface area contributed by atoms with E-state index in [4.69, 9.17) is 22.7 Å². The smallest absolute Gasteiger partial charge is 0.0970 e. The third kappa shape index (κ3) is 1.65. The predicted octanol–water partition coefficient (Wildman–Crippen LogP) is -0.146. The molecule has 1 aliphatic rings. The minimum atomic E-state index is 0.178. The molecule has 2 atom stereocenters. The van der Waals surface area contributed by atoms with Crippen molar-refractivity contribution < 1.29 is 4.74 Å². The molecular weight excluding hydrogens is 148 g/mol. The van der Waals surface area contributed by atoms with Gasteiger partial charge in [-0.3, -0.25) is 5.32 Å². The molecule has 1 fully saturated rings. The fraction of sp³-hybridized carbons (Fsp3) is 0.833. The van der Waals surface area contributed by atoms with Crippen LogP contribution in [0.25, 0.3) is 0 Å². The minimum Gasteiger partial charge on any atom is -0.393 e. The lowest BCUT2D eigenvalue weighted by atomic mass is 10.1. The van der Waals surface area contributed by atoms with Crippen LogP contribution in [0.2, 0.25) is 0 Å². The summed E-state index contributed by atoms with van der Waals surface area (Å²) in [5.74, 6) is 0.185. The molecule has 58 valence electrons. The zero-order valence-electron chi connectivity index (χ0n) is 5.96. The summed E-state index contributed by atoms with van der Waals surface area (Å²) in [5, 5.41) is 3.07. The summed E-state index contributed by atoms with van der Waals surface area (Å²) in [6.45, 7) is 3.47. The average Bonchev–Trinajstić information content (AvgIpc) is 2.36. The summed E-state index contributed by atoms with van der Waals surface area (Å²) in [7, 11) is 0. The van der Waals surface area contributed by atoms with E-state index in [9.17, 15) is 0 Å². The van der Waals surface area contributed by atoms with Crippen molar-refractivity contribution in [2.75, 3.05) is 13.3 Å². The lowest BCUT2D eigenvalue weighted by molar-refractivity contribution is 0.0937. The van der Waals surface area contributed by atoms with Crippen LogP contribution in [0.4, 0.5) is 0 Å². The number of hydrogen-bond acceptors (Lipinski definition) is 3. The third-order valence-corrected chi connectivity index (χ3v) is 2.12. The first-order chi connectivity index (χ1) is 4.72. The Balaban J connectivity index is 2.39. The normalized spacial score (nSPS) is 28.3. The molecule has 1 heterocycles. The second-order valence-corrected chi connectivity index (χ2v) is 2.97. The van der Waals surface area contributed by atoms with E-state index in [0.717, 1.165) is 6.54 Å². The molecule has 0 spiro atoms. The van der Waals surface area contributed by atoms with Gasteiger partial charge in [-0.2, -0.15) is 0 Å². The molecule has 0 amide bonds. The SMILES string of the molecule is CC(C(N)=S)C1CNCO1. The van der Waals surface area contributed by atoms with Crippen LogP contribution in [-0.2, 0) is 4.74 Å². The summed E-state index contributed by atoms with van der Waals surface area (Å²) >= 11 is 4.82. The Labute approximate surface area is 65.9 Å². The van der Waals surface area contributed by atoms with Gasteiger partial charge in [-0.15, -0.1) is 0 Å². The molecule has 1 aliphatic heterocycles. The quantitative estimate of drug-likeness (QED) is 0.552. The summed E-state index contributed by atoms with van der Waals surface area (Å²) in [6.07, 6.45) is 0.178. The zero-order chi connectivity index (χ0) is 7.56. The van der Waals surface area contributed by atoms with E-state index >= 15 is 0 Å². The Bertz CT molecular complexity index is 134. The molecule has 3 N–H and O–H groups in total. The van der Waals surface area contributed by atoms with Crippen molar-refractivity contribution in [2.45, 2.75) is 13.0 Å². The van der Waals surface area contributed by atoms with Crippen LogP contribution in [0.3, 0.4) is 0 Å². The molecule has 0 saturated carbocycles. The number of nitrogens with one attached hydrogen (secondary N) is 1. The van der Waals surface area contributed by atoms with Crippen molar-refractivity contribution in [3.63, 3.8) is 0 Å². The van der Waals surface area contributed by atoms with Crippen LogP contribution in [-0.4, -0.2) is 24.4 Å². The van der Waals surface area contributed by atoms with E-state index in [1.165, 1.54) is 0 Å². The van der Waals surface area contributed by atoms with Gasteiger partial charge in [0.25, 0.3) is 0 Å². The van der Waals surface area contributed by atoms with Gasteiger partial charge in [0.05, 0.1) is 17.8 Å². The van der Waals surface area contributed by atoms with E-state index in [1.54, 1.807) is 0 Å². The van der Waals surface area contributed by atoms with E-state index in [0.29, 0.717) is 11.7 Å². The van der Waals surface area contributed by atoms with Crippen molar-refractivity contribution in [1.29, 1.82) is 0 Å². The van der Waals surface area contributed by atoms with Crippen molar-refractivity contribution in [1.82, 2.24) is 5.32 Å². The standard InChI is InChI=1S/C6H12N2OS/c1-4(6(7)10)5-2-8-3-9-5/h4-5,8H,2-3H2,1H3,(H2,7,10). The number of nitrogens with two attached hydrogens (primary N) is 1. The summed E-state index contributed by atoms with van der Waals surface area (Å²) in [5.41, 5.74) is 5.44. The molecule has 0 aliphatic carbocycles. The first-order valence-corrected chi connectivity index (χ1v) is 3.74. The summed E-state index contributed by atoms with van der Waals surface area (Å²) in [4.78, 5) is 0.536. The highest BCUT2D eigenvalue weighted by atomic mass is 32.1. The van der Waals surface area contributed by atoms with E-state index in [-0.39, 0.29) is 12.0 Å². The van der Waals surface area contributed by atoms with Crippen molar-refractivity contribution in [2.24, 2.45) is 11.7 Å². The molecule has 10 heavy (non-hydrogen) atoms. The predicted molar refractivity (Wildman–Crippen MR) is 43.7 cm³/mol. The Kier molecular flexibility index (Phi) is 2.59. The second kappa shape index (κ2) is 3.27. The van der Waals surface area contributed by atoms with Crippen LogP contribution < -0.4 is 11.1 Å². The van der Waals surface area contributed by atoms with E-state index in [2.05, 4.69) is 5.32 Å². The summed E-state index contributed by atoms with van der Waals surface area (Å²) < 4.78 is 5.30. The second-order valence-electron chi connectivity index (χ2n) is 2.49. The molecule has 3 nitrogen and oxygen atoms in total. The highest BCUT2D eigenvalue weighted by molar-refractivity contribution is 7.80. The van der Waals surface area contributed by atoms with Gasteiger partial charge in [-0.05, 0) is 0 Å². The number of ether oxygens (including phenoxy) is 1. The first-order valence-electron chi connectivity index (χ1n) is 3.33. The Hall–Kier alpha value is -0.190. The van der Waals surface area contributed by atoms with Crippen LogP contribution in [0.15, 0.2) is 0 Å². The van der Waals surface area contributed by atoms with Crippen molar-refractivity contribution in [3.8, 4) is 0 Å². The molecule has 0 bridgehead atoms. The lowest BCUT2D eigenvalue weighted by Gasteiger charge is -2.15. The van der Waals surface area contributed by atoms with Gasteiger partial charge in [0.2, 0.25) is 0 Å². The van der Waals surface area contributed by atoms with Gasteiger partial charge in [0, 0.05) is 12.5 Å². The van der Waals surface area contributed by atoms with Gasteiger partial charge in [-0.1, -0.05) is 19.1 Å². The maximum Gasteiger partial charge on any atom is 0.0970 e. The van der Waals surface area contributed by atoms with Gasteiger partial charge in [-0.25, -0.2) is 0 Å². The molecular formula is C6H12N2OS. The minimum absolute atomic E-state index is 0.178. The van der Waals surface area contributed by atoms with Gasteiger partial charge < -0.3 is 10.5 Å². The Morgan fingerprint density at radius 3 is 3.00 bits per heavy atom. The Morgan fingerprint density at radius 2 is 2.60 bits per heavy atom. The molecule has 2 unspecified atom stereocenters. The molecule has 0 aromatic carbocycles. The monoisotopic (exact) mass is 160 g/mol. The van der Waals surface area contributed by atoms with Crippen LogP contribution in [0.5, 0.6) is 0 Å². The van der Waals surface area contributed by atoms with E-state index < -0.39 is 0 Å². The van der Waals surface area contributed by atoms with Gasteiger partial charge in [0.1, 0.15) is 0 Å². The van der Waals surface area contributed by atoms with Crippen molar-refractivity contribution in [3.05, 3.63) is 0 Å². The maximum absolute atomic E-state index is 5.44. The van der Waals surface area contributed by atoms with Crippen LogP contribution >= 0.6 is 12.2 Å². The van der Waals surface area contributed by atoms with Crippen LogP contribution in [0.1, 0.15) is 6.92 Å². The van der Waals surface area contributed by atoms with Crippen LogP contribution in [0, 0.1) is 5.92 Å². The first kappa shape index (κ1) is 7.91. The number of rotatable bonds is 2. The topological polar surface area (TPSA) is 47.3 Å². The molecule has 0 aromatic rings. The third-order valence-electron chi connectivity index (χ3n) is 1.75. The largest absolute Gasteiger partial charge is 0.393 e. The highest BCUT2D eigenvalue weighted by Crippen LogP contribution is 2.09. The fourth-order valence-electron chi connectivity index (χ4n) is 0.930. The zero-order valence-corrected chi connectivity index (χ0v) is 6.78. The lowest BCUT2D eigenvalue weighted by Crippen LogP contribution is -2.32. The molecule has 4 heteroatoms. The summed E-state index contributed by atoms with van der Waals surface area (Å²) in [6, 6.07) is 0. The van der Waals surface area contributed by atoms with Gasteiger partial charge in [0.15, 0.2) is 0 Å².